The Kier molecular flexibility index (Phi) is 5.71. The Hall–Kier alpha value is -2.62. The fraction of sp³-hybridized carbons (Fsp3) is 0.364. The summed E-state index contributed by atoms with van der Waals surface area (Å²) in [4.78, 5) is 25.3. The molecule has 0 heterocycles. The van der Waals surface area contributed by atoms with E-state index in [1.54, 1.807) is 12.1 Å². The molecule has 2 amide bonds. The second-order valence-corrected chi connectivity index (χ2v) is 7.03. The predicted octanol–water partition coefficient (Wildman–Crippen LogP) is 3.96. The van der Waals surface area contributed by atoms with Crippen LogP contribution in [0.5, 0.6) is 0 Å². The summed E-state index contributed by atoms with van der Waals surface area (Å²) >= 11 is 0. The third-order valence-electron chi connectivity index (χ3n) is 5.18. The van der Waals surface area contributed by atoms with E-state index < -0.39 is 6.04 Å². The van der Waals surface area contributed by atoms with Crippen LogP contribution < -0.4 is 10.6 Å². The van der Waals surface area contributed by atoms with Crippen LogP contribution >= 0.6 is 0 Å². The van der Waals surface area contributed by atoms with E-state index in [-0.39, 0.29) is 17.7 Å². The van der Waals surface area contributed by atoms with Gasteiger partial charge in [0, 0.05) is 11.3 Å². The van der Waals surface area contributed by atoms with Gasteiger partial charge in [-0.2, -0.15) is 0 Å². The summed E-state index contributed by atoms with van der Waals surface area (Å²) in [6.07, 6.45) is 4.16. The van der Waals surface area contributed by atoms with E-state index in [0.717, 1.165) is 24.9 Å². The Morgan fingerprint density at radius 2 is 1.77 bits per heavy atom. The van der Waals surface area contributed by atoms with Crippen molar-refractivity contribution in [1.29, 1.82) is 0 Å². The molecule has 0 radical (unpaired) electrons. The molecule has 0 bridgehead atoms. The van der Waals surface area contributed by atoms with Gasteiger partial charge in [0.15, 0.2) is 0 Å². The maximum atomic E-state index is 12.9. The third-order valence-corrected chi connectivity index (χ3v) is 5.18. The van der Waals surface area contributed by atoms with Crippen molar-refractivity contribution in [3.05, 3.63) is 65.2 Å². The van der Waals surface area contributed by atoms with E-state index in [9.17, 15) is 9.59 Å². The van der Waals surface area contributed by atoms with Crippen LogP contribution in [0.4, 0.5) is 5.69 Å². The molecule has 0 unspecified atom stereocenters. The van der Waals surface area contributed by atoms with E-state index in [1.807, 2.05) is 38.1 Å². The maximum absolute atomic E-state index is 12.9. The number of rotatable bonds is 6. The number of amides is 2. The fourth-order valence-corrected chi connectivity index (χ4v) is 3.39. The normalized spacial score (nSPS) is 15.0. The summed E-state index contributed by atoms with van der Waals surface area (Å²) < 4.78 is 0. The van der Waals surface area contributed by atoms with Gasteiger partial charge in [0.1, 0.15) is 6.04 Å². The molecule has 4 heteroatoms. The lowest BCUT2D eigenvalue weighted by atomic mass is 9.97. The van der Waals surface area contributed by atoms with Crippen LogP contribution in [0.2, 0.25) is 0 Å². The first-order chi connectivity index (χ1) is 12.6. The number of carbonyl (C=O) groups is 2. The van der Waals surface area contributed by atoms with Gasteiger partial charge in [0.05, 0.1) is 0 Å². The largest absolute Gasteiger partial charge is 0.340 e. The topological polar surface area (TPSA) is 58.2 Å². The van der Waals surface area contributed by atoms with Gasteiger partial charge in [0.25, 0.3) is 5.91 Å². The Labute approximate surface area is 155 Å². The van der Waals surface area contributed by atoms with Crippen molar-refractivity contribution >= 4 is 17.5 Å². The van der Waals surface area contributed by atoms with Crippen molar-refractivity contribution < 1.29 is 9.59 Å². The van der Waals surface area contributed by atoms with Gasteiger partial charge in [0.2, 0.25) is 5.91 Å². The highest BCUT2D eigenvalue weighted by Crippen LogP contribution is 2.25. The molecule has 1 aliphatic rings. The molecule has 0 aromatic heterocycles. The minimum atomic E-state index is -0.569. The van der Waals surface area contributed by atoms with Crippen LogP contribution in [0.3, 0.4) is 0 Å². The van der Waals surface area contributed by atoms with Crippen LogP contribution in [-0.2, 0) is 17.6 Å². The minimum absolute atomic E-state index is 0.0390. The van der Waals surface area contributed by atoms with Crippen molar-refractivity contribution in [2.24, 2.45) is 5.92 Å². The SMILES string of the molecule is CC[C@H](C)[C@H](NC(=O)c1ccccc1)C(=O)Nc1ccc2c(c1)CCC2. The average molecular weight is 350 g/mol. The molecule has 3 rings (SSSR count). The quantitative estimate of drug-likeness (QED) is 0.828. The van der Waals surface area contributed by atoms with Gasteiger partial charge in [-0.3, -0.25) is 9.59 Å². The summed E-state index contributed by atoms with van der Waals surface area (Å²) in [6, 6.07) is 14.5. The van der Waals surface area contributed by atoms with Crippen LogP contribution in [0.15, 0.2) is 48.5 Å². The van der Waals surface area contributed by atoms with Gasteiger partial charge >= 0.3 is 0 Å². The molecule has 2 aromatic carbocycles. The highest BCUT2D eigenvalue weighted by molar-refractivity contribution is 6.01. The number of anilines is 1. The van der Waals surface area contributed by atoms with Crippen LogP contribution in [0.25, 0.3) is 0 Å². The molecule has 0 fully saturated rings. The summed E-state index contributed by atoms with van der Waals surface area (Å²) in [5.41, 5.74) is 4.05. The molecule has 0 saturated heterocycles. The molecule has 0 aliphatic heterocycles. The molecule has 2 N–H and O–H groups in total. The lowest BCUT2D eigenvalue weighted by Crippen LogP contribution is -2.47. The molecule has 0 spiro atoms. The molecule has 4 nitrogen and oxygen atoms in total. The molecule has 26 heavy (non-hydrogen) atoms. The van der Waals surface area contributed by atoms with Gasteiger partial charge in [-0.1, -0.05) is 44.5 Å². The maximum Gasteiger partial charge on any atom is 0.251 e. The van der Waals surface area contributed by atoms with E-state index >= 15 is 0 Å². The third kappa shape index (κ3) is 4.13. The standard InChI is InChI=1S/C22H26N2O2/c1-3-15(2)20(24-21(25)17-8-5-4-6-9-17)22(26)23-19-13-12-16-10-7-11-18(16)14-19/h4-6,8-9,12-15,20H,3,7,10-11H2,1-2H3,(H,23,26)(H,24,25)/t15-,20-/m0/s1. The second kappa shape index (κ2) is 8.17. The number of carbonyl (C=O) groups excluding carboxylic acids is 2. The molecule has 1 aliphatic carbocycles. The first-order valence-corrected chi connectivity index (χ1v) is 9.37. The average Bonchev–Trinajstić information content (AvgIpc) is 3.13. The summed E-state index contributed by atoms with van der Waals surface area (Å²) in [5.74, 6) is -0.348. The lowest BCUT2D eigenvalue weighted by molar-refractivity contribution is -0.119. The van der Waals surface area contributed by atoms with Crippen LogP contribution in [-0.4, -0.2) is 17.9 Å². The number of hydrogen-bond acceptors (Lipinski definition) is 2. The van der Waals surface area contributed by atoms with Gasteiger partial charge in [-0.15, -0.1) is 0 Å². The van der Waals surface area contributed by atoms with Crippen molar-refractivity contribution in [3.8, 4) is 0 Å². The summed E-state index contributed by atoms with van der Waals surface area (Å²) in [7, 11) is 0. The molecular weight excluding hydrogens is 324 g/mol. The Morgan fingerprint density at radius 3 is 2.50 bits per heavy atom. The number of aryl methyl sites for hydroxylation is 2. The number of nitrogens with one attached hydrogen (secondary N) is 2. The van der Waals surface area contributed by atoms with Crippen LogP contribution in [0.1, 0.15) is 48.2 Å². The van der Waals surface area contributed by atoms with Crippen LogP contribution in [0, 0.1) is 5.92 Å². The minimum Gasteiger partial charge on any atom is -0.340 e. The molecule has 136 valence electrons. The fourth-order valence-electron chi connectivity index (χ4n) is 3.39. The van der Waals surface area contributed by atoms with E-state index in [4.69, 9.17) is 0 Å². The Morgan fingerprint density at radius 1 is 1.04 bits per heavy atom. The summed E-state index contributed by atoms with van der Waals surface area (Å²) in [6.45, 7) is 4.01. The van der Waals surface area contributed by atoms with Gasteiger partial charge in [-0.05, 0) is 60.6 Å². The number of fused-ring (bicyclic) bond motifs is 1. The van der Waals surface area contributed by atoms with Gasteiger partial charge in [-0.25, -0.2) is 0 Å². The highest BCUT2D eigenvalue weighted by Gasteiger charge is 2.26. The van der Waals surface area contributed by atoms with Crippen molar-refractivity contribution in [2.75, 3.05) is 5.32 Å². The Balaban J connectivity index is 1.72. The van der Waals surface area contributed by atoms with E-state index in [1.165, 1.54) is 17.5 Å². The molecular formula is C22H26N2O2. The monoisotopic (exact) mass is 350 g/mol. The molecule has 2 aromatic rings. The number of hydrogen-bond donors (Lipinski definition) is 2. The van der Waals surface area contributed by atoms with E-state index in [2.05, 4.69) is 22.8 Å². The van der Waals surface area contributed by atoms with Crippen molar-refractivity contribution in [1.82, 2.24) is 5.32 Å². The van der Waals surface area contributed by atoms with Crippen molar-refractivity contribution in [2.45, 2.75) is 45.6 Å². The van der Waals surface area contributed by atoms with Crippen molar-refractivity contribution in [3.63, 3.8) is 0 Å². The predicted molar refractivity (Wildman–Crippen MR) is 104 cm³/mol. The zero-order chi connectivity index (χ0) is 18.5. The first kappa shape index (κ1) is 18.2. The Bertz CT molecular complexity index is 786. The number of benzene rings is 2. The molecule has 0 saturated carbocycles. The smallest absolute Gasteiger partial charge is 0.251 e. The molecule has 2 atom stereocenters. The second-order valence-electron chi connectivity index (χ2n) is 7.03. The summed E-state index contributed by atoms with van der Waals surface area (Å²) in [5, 5.41) is 5.90. The zero-order valence-electron chi connectivity index (χ0n) is 15.4. The first-order valence-electron chi connectivity index (χ1n) is 9.37. The highest BCUT2D eigenvalue weighted by atomic mass is 16.2. The zero-order valence-corrected chi connectivity index (χ0v) is 15.4. The lowest BCUT2D eigenvalue weighted by Gasteiger charge is -2.23. The van der Waals surface area contributed by atoms with Gasteiger partial charge < -0.3 is 10.6 Å². The van der Waals surface area contributed by atoms with E-state index in [0.29, 0.717) is 5.56 Å².